The monoisotopic (exact) mass is 412 g/mol. The van der Waals surface area contributed by atoms with Crippen LogP contribution in [0.4, 0.5) is 0 Å². The molecule has 0 aliphatic heterocycles. The third-order valence-electron chi connectivity index (χ3n) is 4.64. The lowest BCUT2D eigenvalue weighted by Crippen LogP contribution is -2.38. The maximum atomic E-state index is 12.6. The number of oxazole rings is 1. The van der Waals surface area contributed by atoms with Crippen molar-refractivity contribution in [3.05, 3.63) is 72.5 Å². The molecule has 150 valence electrons. The molecule has 29 heavy (non-hydrogen) atoms. The minimum Gasteiger partial charge on any atom is -0.458 e. The number of nitrogens with zero attached hydrogens (tertiary/aromatic N) is 1. The van der Waals surface area contributed by atoms with Gasteiger partial charge in [0.1, 0.15) is 28.9 Å². The highest BCUT2D eigenvalue weighted by atomic mass is 32.2. The number of hydrogen-bond donors (Lipinski definition) is 2. The second-order valence-corrected chi connectivity index (χ2v) is 8.79. The van der Waals surface area contributed by atoms with Crippen LogP contribution in [-0.2, 0) is 15.6 Å². The largest absolute Gasteiger partial charge is 0.458 e. The predicted molar refractivity (Wildman–Crippen MR) is 108 cm³/mol. The van der Waals surface area contributed by atoms with Gasteiger partial charge >= 0.3 is 0 Å². The molecule has 2 aromatic carbocycles. The minimum atomic E-state index is -3.82. The van der Waals surface area contributed by atoms with Gasteiger partial charge in [-0.1, -0.05) is 30.3 Å². The van der Waals surface area contributed by atoms with Crippen molar-refractivity contribution in [3.8, 4) is 11.3 Å². The van der Waals surface area contributed by atoms with E-state index >= 15 is 0 Å². The van der Waals surface area contributed by atoms with Crippen LogP contribution in [-0.4, -0.2) is 25.1 Å². The number of aliphatic hydroxyl groups is 1. The van der Waals surface area contributed by atoms with Crippen molar-refractivity contribution in [1.29, 1.82) is 0 Å². The van der Waals surface area contributed by atoms with Crippen LogP contribution in [0.1, 0.15) is 18.6 Å². The number of fused-ring (bicyclic) bond motifs is 1. The van der Waals surface area contributed by atoms with Crippen LogP contribution < -0.4 is 4.72 Å². The maximum Gasteiger partial charge on any atom is 0.240 e. The molecule has 0 bridgehead atoms. The molecule has 0 spiro atoms. The van der Waals surface area contributed by atoms with E-state index in [9.17, 15) is 13.5 Å². The Balaban J connectivity index is 1.50. The van der Waals surface area contributed by atoms with Crippen molar-refractivity contribution < 1.29 is 22.4 Å². The highest BCUT2D eigenvalue weighted by Gasteiger charge is 2.30. The quantitative estimate of drug-likeness (QED) is 0.501. The van der Waals surface area contributed by atoms with Gasteiger partial charge in [0, 0.05) is 24.4 Å². The second-order valence-electron chi connectivity index (χ2n) is 7.02. The number of aromatic nitrogens is 1. The van der Waals surface area contributed by atoms with E-state index in [1.807, 2.05) is 18.2 Å². The van der Waals surface area contributed by atoms with Gasteiger partial charge in [-0.25, -0.2) is 18.1 Å². The zero-order valence-corrected chi connectivity index (χ0v) is 16.7. The van der Waals surface area contributed by atoms with Crippen LogP contribution >= 0.6 is 0 Å². The summed E-state index contributed by atoms with van der Waals surface area (Å²) in [6.45, 7) is 3.00. The lowest BCUT2D eigenvalue weighted by atomic mass is 10.0. The number of benzene rings is 2. The van der Waals surface area contributed by atoms with Crippen molar-refractivity contribution in [2.24, 2.45) is 0 Å². The fraction of sp³-hybridized carbons (Fsp3) is 0.190. The summed E-state index contributed by atoms with van der Waals surface area (Å²) in [5.41, 5.74) is 0.496. The topological polar surface area (TPSA) is 106 Å². The Hall–Kier alpha value is -2.94. The Morgan fingerprint density at radius 3 is 2.52 bits per heavy atom. The van der Waals surface area contributed by atoms with E-state index in [2.05, 4.69) is 9.71 Å². The maximum absolute atomic E-state index is 12.6. The van der Waals surface area contributed by atoms with Crippen molar-refractivity contribution in [1.82, 2.24) is 9.71 Å². The van der Waals surface area contributed by atoms with Gasteiger partial charge in [0.05, 0.1) is 4.90 Å². The first-order valence-corrected chi connectivity index (χ1v) is 10.5. The molecule has 0 aliphatic carbocycles. The molecular formula is C21H20N2O5S. The van der Waals surface area contributed by atoms with Crippen LogP contribution in [0, 0.1) is 6.92 Å². The molecule has 2 aromatic heterocycles. The Kier molecular flexibility index (Phi) is 4.77. The van der Waals surface area contributed by atoms with Gasteiger partial charge in [-0.2, -0.15) is 0 Å². The molecule has 0 fully saturated rings. The molecule has 0 aliphatic rings. The highest BCUT2D eigenvalue weighted by Crippen LogP contribution is 2.28. The van der Waals surface area contributed by atoms with Crippen molar-refractivity contribution >= 4 is 21.0 Å². The number of rotatable bonds is 6. The van der Waals surface area contributed by atoms with Gasteiger partial charge in [-0.3, -0.25) is 0 Å². The lowest BCUT2D eigenvalue weighted by molar-refractivity contribution is 0.0412. The van der Waals surface area contributed by atoms with Crippen LogP contribution in [0.3, 0.4) is 0 Å². The molecule has 2 N–H and O–H groups in total. The van der Waals surface area contributed by atoms with Gasteiger partial charge < -0.3 is 13.9 Å². The second kappa shape index (κ2) is 7.14. The Morgan fingerprint density at radius 1 is 1.14 bits per heavy atom. The standard InChI is InChI=1S/C21H20N2O5S/c1-14-23-18(12-27-14)15-7-9-17(10-8-15)29(25,26)22-13-21(2,24)20-11-16-5-3-4-6-19(16)28-20/h3-12,22,24H,13H2,1-2H3. The first kappa shape index (κ1) is 19.4. The van der Waals surface area contributed by atoms with E-state index < -0.39 is 15.6 Å². The van der Waals surface area contributed by atoms with Crippen molar-refractivity contribution in [3.63, 3.8) is 0 Å². The molecule has 2 heterocycles. The zero-order chi connectivity index (χ0) is 20.6. The Morgan fingerprint density at radius 2 is 1.86 bits per heavy atom. The molecule has 4 rings (SSSR count). The van der Waals surface area contributed by atoms with Crippen LogP contribution in [0.2, 0.25) is 0 Å². The fourth-order valence-corrected chi connectivity index (χ4v) is 4.09. The number of sulfonamides is 1. The number of hydrogen-bond acceptors (Lipinski definition) is 6. The van der Waals surface area contributed by atoms with Crippen LogP contribution in [0.25, 0.3) is 22.2 Å². The third kappa shape index (κ3) is 3.95. The smallest absolute Gasteiger partial charge is 0.240 e. The van der Waals surface area contributed by atoms with E-state index in [1.54, 1.807) is 31.2 Å². The number of aryl methyl sites for hydroxylation is 1. The van der Waals surface area contributed by atoms with E-state index in [4.69, 9.17) is 8.83 Å². The van der Waals surface area contributed by atoms with Gasteiger partial charge in [-0.15, -0.1) is 0 Å². The van der Waals surface area contributed by atoms with E-state index in [1.165, 1.54) is 25.3 Å². The highest BCUT2D eigenvalue weighted by molar-refractivity contribution is 7.89. The lowest BCUT2D eigenvalue weighted by Gasteiger charge is -2.21. The summed E-state index contributed by atoms with van der Waals surface area (Å²) in [5, 5.41) is 11.6. The minimum absolute atomic E-state index is 0.0851. The van der Waals surface area contributed by atoms with Crippen molar-refractivity contribution in [2.45, 2.75) is 24.3 Å². The van der Waals surface area contributed by atoms with Gasteiger partial charge in [0.15, 0.2) is 5.89 Å². The summed E-state index contributed by atoms with van der Waals surface area (Å²) in [6, 6.07) is 15.3. The molecule has 1 unspecified atom stereocenters. The number of para-hydroxylation sites is 1. The molecule has 0 amide bonds. The van der Waals surface area contributed by atoms with Crippen molar-refractivity contribution in [2.75, 3.05) is 6.54 Å². The van der Waals surface area contributed by atoms with E-state index in [-0.39, 0.29) is 17.2 Å². The van der Waals surface area contributed by atoms with Crippen LogP contribution in [0.5, 0.6) is 0 Å². The Labute approximate surface area is 168 Å². The van der Waals surface area contributed by atoms with Crippen LogP contribution in [0.15, 0.2) is 74.6 Å². The third-order valence-corrected chi connectivity index (χ3v) is 6.06. The average Bonchev–Trinajstić information content (AvgIpc) is 3.33. The summed E-state index contributed by atoms with van der Waals surface area (Å²) in [5.74, 6) is 0.823. The SMILES string of the molecule is Cc1nc(-c2ccc(S(=O)(=O)NCC(C)(O)c3cc4ccccc4o3)cc2)co1. The molecule has 0 saturated carbocycles. The number of nitrogens with one attached hydrogen (secondary N) is 1. The molecule has 1 atom stereocenters. The fourth-order valence-electron chi connectivity index (χ4n) is 2.95. The summed E-state index contributed by atoms with van der Waals surface area (Å²) in [7, 11) is -3.82. The van der Waals surface area contributed by atoms with Gasteiger partial charge in [0.25, 0.3) is 0 Å². The van der Waals surface area contributed by atoms with E-state index in [0.717, 1.165) is 10.9 Å². The summed E-state index contributed by atoms with van der Waals surface area (Å²) in [4.78, 5) is 4.30. The Bertz CT molecular complexity index is 1220. The molecule has 8 heteroatoms. The zero-order valence-electron chi connectivity index (χ0n) is 15.9. The first-order valence-electron chi connectivity index (χ1n) is 8.98. The first-order chi connectivity index (χ1) is 13.7. The normalized spacial score (nSPS) is 14.2. The predicted octanol–water partition coefficient (Wildman–Crippen LogP) is 3.58. The molecular weight excluding hydrogens is 392 g/mol. The number of furan rings is 1. The van der Waals surface area contributed by atoms with E-state index in [0.29, 0.717) is 17.2 Å². The van der Waals surface area contributed by atoms with Gasteiger partial charge in [0.2, 0.25) is 10.0 Å². The summed E-state index contributed by atoms with van der Waals surface area (Å²) < 4.78 is 38.6. The average molecular weight is 412 g/mol. The summed E-state index contributed by atoms with van der Waals surface area (Å²) >= 11 is 0. The molecule has 4 aromatic rings. The summed E-state index contributed by atoms with van der Waals surface area (Å²) in [6.07, 6.45) is 1.52. The molecule has 7 nitrogen and oxygen atoms in total. The molecule has 0 radical (unpaired) electrons. The molecule has 0 saturated heterocycles. The van der Waals surface area contributed by atoms with Gasteiger partial charge in [-0.05, 0) is 31.2 Å².